The van der Waals surface area contributed by atoms with E-state index in [2.05, 4.69) is 5.32 Å². The fraction of sp³-hybridized carbons (Fsp3) is 0.812. The first-order chi connectivity index (χ1) is 12.0. The van der Waals surface area contributed by atoms with Gasteiger partial charge in [-0.05, 0) is 45.1 Å². The van der Waals surface area contributed by atoms with Gasteiger partial charge >= 0.3 is 0 Å². The zero-order chi connectivity index (χ0) is 18.4. The summed E-state index contributed by atoms with van der Waals surface area (Å²) >= 11 is 0. The number of amides is 2. The number of hydrogen-bond acceptors (Lipinski definition) is 7. The Hall–Kier alpha value is -1.55. The Morgan fingerprint density at radius 2 is 1.80 bits per heavy atom. The third kappa shape index (κ3) is 4.97. The van der Waals surface area contributed by atoms with Gasteiger partial charge in [-0.2, -0.15) is 0 Å². The van der Waals surface area contributed by atoms with Crippen LogP contribution in [0.15, 0.2) is 0 Å². The zero-order valence-electron chi connectivity index (χ0n) is 14.6. The molecule has 0 aliphatic carbocycles. The van der Waals surface area contributed by atoms with Crippen molar-refractivity contribution in [3.05, 3.63) is 0 Å². The van der Waals surface area contributed by atoms with Gasteiger partial charge in [-0.15, -0.1) is 0 Å². The van der Waals surface area contributed by atoms with E-state index in [-0.39, 0.29) is 17.9 Å². The minimum absolute atomic E-state index is 0.122. The molecule has 0 aromatic heterocycles. The molecule has 142 valence electrons. The second kappa shape index (κ2) is 9.23. The number of hydrogen-bond donors (Lipinski definition) is 4. The molecule has 0 unspecified atom stereocenters. The maximum atomic E-state index is 12.8. The average Bonchev–Trinajstić information content (AvgIpc) is 3.25. The largest absolute Gasteiger partial charge is 0.331 e. The molecule has 2 fully saturated rings. The summed E-state index contributed by atoms with van der Waals surface area (Å²) in [7, 11) is 0. The van der Waals surface area contributed by atoms with Gasteiger partial charge in [-0.25, -0.2) is 0 Å². The fourth-order valence-corrected chi connectivity index (χ4v) is 3.61. The van der Waals surface area contributed by atoms with Gasteiger partial charge in [0, 0.05) is 13.1 Å². The highest BCUT2D eigenvalue weighted by molar-refractivity contribution is 5.91. The smallest absolute Gasteiger partial charge is 0.245 e. The fourth-order valence-electron chi connectivity index (χ4n) is 3.61. The molecule has 9 heteroatoms. The summed E-state index contributed by atoms with van der Waals surface area (Å²) in [5.41, 5.74) is 16.8. The first-order valence-electron chi connectivity index (χ1n) is 9.02. The van der Waals surface area contributed by atoms with Gasteiger partial charge in [0.25, 0.3) is 0 Å². The summed E-state index contributed by atoms with van der Waals surface area (Å²) < 4.78 is 0. The summed E-state index contributed by atoms with van der Waals surface area (Å²) in [6.45, 7) is 1.70. The summed E-state index contributed by atoms with van der Waals surface area (Å²) in [6.07, 6.45) is 4.34. The van der Waals surface area contributed by atoms with Crippen LogP contribution < -0.4 is 22.5 Å². The molecular formula is C16H30N6O3. The number of nitrogens with zero attached hydrogens (tertiary/aromatic N) is 2. The van der Waals surface area contributed by atoms with Gasteiger partial charge in [0.1, 0.15) is 18.6 Å². The number of nitrogens with one attached hydrogen (secondary N) is 1. The quantitative estimate of drug-likeness (QED) is 0.225. The molecule has 2 aliphatic heterocycles. The molecule has 2 aliphatic rings. The SMILES string of the molecule is NC(N)NCCC[C@H](N)C(=O)N1CCC[C@H]1C(=O)N1CCC[C@H]1C=O. The van der Waals surface area contributed by atoms with Crippen molar-refractivity contribution in [2.75, 3.05) is 19.6 Å². The molecule has 7 N–H and O–H groups in total. The highest BCUT2D eigenvalue weighted by atomic mass is 16.2. The van der Waals surface area contributed by atoms with Crippen molar-refractivity contribution < 1.29 is 14.4 Å². The monoisotopic (exact) mass is 354 g/mol. The van der Waals surface area contributed by atoms with Gasteiger partial charge < -0.3 is 31.8 Å². The van der Waals surface area contributed by atoms with Crippen LogP contribution in [-0.4, -0.2) is 71.9 Å². The van der Waals surface area contributed by atoms with Crippen molar-refractivity contribution in [2.24, 2.45) is 17.2 Å². The third-order valence-corrected chi connectivity index (χ3v) is 4.95. The normalized spacial score (nSPS) is 24.8. The molecule has 2 amide bonds. The number of aldehydes is 1. The van der Waals surface area contributed by atoms with Gasteiger partial charge in [-0.1, -0.05) is 0 Å². The Bertz CT molecular complexity index is 486. The molecule has 0 spiro atoms. The number of likely N-dealkylation sites (tertiary alicyclic amines) is 2. The average molecular weight is 354 g/mol. The minimum Gasteiger partial charge on any atom is -0.331 e. The third-order valence-electron chi connectivity index (χ3n) is 4.95. The highest BCUT2D eigenvalue weighted by Gasteiger charge is 2.40. The van der Waals surface area contributed by atoms with E-state index in [1.807, 2.05) is 0 Å². The maximum absolute atomic E-state index is 12.8. The molecule has 2 heterocycles. The molecule has 3 atom stereocenters. The van der Waals surface area contributed by atoms with Crippen molar-refractivity contribution in [1.82, 2.24) is 15.1 Å². The van der Waals surface area contributed by atoms with Crippen LogP contribution in [0.5, 0.6) is 0 Å². The van der Waals surface area contributed by atoms with Gasteiger partial charge in [0.05, 0.1) is 12.1 Å². The van der Waals surface area contributed by atoms with E-state index in [1.165, 1.54) is 0 Å². The van der Waals surface area contributed by atoms with Gasteiger partial charge in [0.2, 0.25) is 11.8 Å². The summed E-state index contributed by atoms with van der Waals surface area (Å²) in [4.78, 5) is 39.8. The van der Waals surface area contributed by atoms with E-state index in [4.69, 9.17) is 17.2 Å². The first-order valence-corrected chi connectivity index (χ1v) is 9.02. The van der Waals surface area contributed by atoms with Gasteiger partial charge in [-0.3, -0.25) is 14.9 Å². The van der Waals surface area contributed by atoms with Crippen LogP contribution in [0.2, 0.25) is 0 Å². The molecule has 9 nitrogen and oxygen atoms in total. The number of rotatable bonds is 8. The molecule has 0 aromatic rings. The lowest BCUT2D eigenvalue weighted by Crippen LogP contribution is -2.53. The molecule has 0 radical (unpaired) electrons. The Labute approximate surface area is 148 Å². The Morgan fingerprint density at radius 1 is 1.12 bits per heavy atom. The van der Waals surface area contributed by atoms with E-state index in [9.17, 15) is 14.4 Å². The van der Waals surface area contributed by atoms with Crippen LogP contribution in [0.1, 0.15) is 38.5 Å². The second-order valence-electron chi connectivity index (χ2n) is 6.80. The second-order valence-corrected chi connectivity index (χ2v) is 6.80. The molecular weight excluding hydrogens is 324 g/mol. The van der Waals surface area contributed by atoms with E-state index < -0.39 is 18.4 Å². The summed E-state index contributed by atoms with van der Waals surface area (Å²) in [5, 5.41) is 2.87. The van der Waals surface area contributed by atoms with Crippen molar-refractivity contribution in [1.29, 1.82) is 0 Å². The Morgan fingerprint density at radius 3 is 2.48 bits per heavy atom. The lowest BCUT2D eigenvalue weighted by Gasteiger charge is -2.31. The number of carbonyl (C=O) groups excluding carboxylic acids is 3. The summed E-state index contributed by atoms with van der Waals surface area (Å²) in [6, 6.07) is -1.50. The number of nitrogens with two attached hydrogens (primary N) is 3. The maximum Gasteiger partial charge on any atom is 0.245 e. The van der Waals surface area contributed by atoms with Crippen LogP contribution in [-0.2, 0) is 14.4 Å². The molecule has 0 bridgehead atoms. The van der Waals surface area contributed by atoms with Crippen LogP contribution in [0.4, 0.5) is 0 Å². The van der Waals surface area contributed by atoms with E-state index in [0.717, 1.165) is 19.1 Å². The first kappa shape index (κ1) is 19.8. The standard InChI is InChI=1S/C16H30N6O3/c17-12(5-1-7-20-16(18)19)14(24)22-9-3-6-13(22)15(25)21-8-2-4-11(21)10-23/h10-13,16,20H,1-9,17-19H2/t11-,12-,13-/m0/s1. The van der Waals surface area contributed by atoms with Gasteiger partial charge in [0.15, 0.2) is 0 Å². The summed E-state index contributed by atoms with van der Waals surface area (Å²) in [5.74, 6) is -0.321. The topological polar surface area (TPSA) is 148 Å². The Kier molecular flexibility index (Phi) is 7.30. The van der Waals surface area contributed by atoms with Crippen LogP contribution in [0.3, 0.4) is 0 Å². The zero-order valence-corrected chi connectivity index (χ0v) is 14.6. The van der Waals surface area contributed by atoms with Crippen LogP contribution in [0, 0.1) is 0 Å². The minimum atomic E-state index is -0.648. The predicted octanol–water partition coefficient (Wildman–Crippen LogP) is -1.93. The van der Waals surface area contributed by atoms with E-state index >= 15 is 0 Å². The van der Waals surface area contributed by atoms with Crippen LogP contribution in [0.25, 0.3) is 0 Å². The highest BCUT2D eigenvalue weighted by Crippen LogP contribution is 2.24. The van der Waals surface area contributed by atoms with Crippen molar-refractivity contribution in [2.45, 2.75) is 62.9 Å². The molecule has 2 rings (SSSR count). The molecule has 0 saturated carbocycles. The number of carbonyl (C=O) groups is 3. The molecule has 2 saturated heterocycles. The van der Waals surface area contributed by atoms with E-state index in [0.29, 0.717) is 45.3 Å². The molecule has 0 aromatic carbocycles. The van der Waals surface area contributed by atoms with E-state index in [1.54, 1.807) is 9.80 Å². The van der Waals surface area contributed by atoms with Crippen LogP contribution >= 0.6 is 0 Å². The van der Waals surface area contributed by atoms with Crippen molar-refractivity contribution in [3.8, 4) is 0 Å². The lowest BCUT2D eigenvalue weighted by atomic mass is 10.1. The predicted molar refractivity (Wildman–Crippen MR) is 92.9 cm³/mol. The Balaban J connectivity index is 1.89. The van der Waals surface area contributed by atoms with Crippen molar-refractivity contribution in [3.63, 3.8) is 0 Å². The molecule has 25 heavy (non-hydrogen) atoms. The van der Waals surface area contributed by atoms with Crippen molar-refractivity contribution >= 4 is 18.1 Å². The lowest BCUT2D eigenvalue weighted by molar-refractivity contribution is -0.145.